The zero-order valence-electron chi connectivity index (χ0n) is 16.2. The number of guanidine groups is 1. The van der Waals surface area contributed by atoms with Gasteiger partial charge in [0.05, 0.1) is 5.69 Å². The van der Waals surface area contributed by atoms with Crippen molar-refractivity contribution in [1.82, 2.24) is 4.90 Å². The molecule has 1 unspecified atom stereocenters. The molecule has 0 saturated carbocycles. The first-order valence-corrected chi connectivity index (χ1v) is 10.1. The van der Waals surface area contributed by atoms with Gasteiger partial charge in [0.1, 0.15) is 6.04 Å². The van der Waals surface area contributed by atoms with Crippen LogP contribution in [-0.2, 0) is 24.2 Å². The first-order chi connectivity index (χ1) is 14.3. The average Bonchev–Trinajstić information content (AvgIpc) is 3.10. The summed E-state index contributed by atoms with van der Waals surface area (Å²) in [5, 5.41) is 0. The third-order valence-corrected chi connectivity index (χ3v) is 5.68. The molecule has 0 bridgehead atoms. The fourth-order valence-electron chi connectivity index (χ4n) is 4.18. The van der Waals surface area contributed by atoms with E-state index >= 15 is 0 Å². The third-order valence-electron chi connectivity index (χ3n) is 5.68. The van der Waals surface area contributed by atoms with Gasteiger partial charge in [-0.3, -0.25) is 4.79 Å². The van der Waals surface area contributed by atoms with Crippen molar-refractivity contribution in [1.29, 1.82) is 0 Å². The van der Waals surface area contributed by atoms with E-state index in [0.29, 0.717) is 6.42 Å². The minimum absolute atomic E-state index is 0.0499. The number of anilines is 1. The van der Waals surface area contributed by atoms with Crippen LogP contribution < -0.4 is 4.90 Å². The Hall–Kier alpha value is -3.40. The molecule has 144 valence electrons. The van der Waals surface area contributed by atoms with Gasteiger partial charge in [-0.15, -0.1) is 0 Å². The Morgan fingerprint density at radius 3 is 2.24 bits per heavy atom. The predicted molar refractivity (Wildman–Crippen MR) is 116 cm³/mol. The Morgan fingerprint density at radius 2 is 1.48 bits per heavy atom. The Bertz CT molecular complexity index is 1050. The molecule has 0 spiro atoms. The van der Waals surface area contributed by atoms with Crippen molar-refractivity contribution in [2.75, 3.05) is 11.4 Å². The second kappa shape index (κ2) is 7.55. The van der Waals surface area contributed by atoms with Crippen LogP contribution in [0.25, 0.3) is 0 Å². The highest BCUT2D eigenvalue weighted by Gasteiger charge is 2.38. The highest BCUT2D eigenvalue weighted by Crippen LogP contribution is 2.28. The standard InChI is InChI=1S/C25H23N3O/c29-24-23(17-19-9-3-1-4-10-19)26-25(28(24)22-13-5-2-6-14-22)27-16-15-20-11-7-8-12-21(20)18-27/h1-14,23H,15-18H2. The molecule has 0 aliphatic carbocycles. The molecule has 5 rings (SSSR count). The number of rotatable bonds is 3. The van der Waals surface area contributed by atoms with E-state index in [1.54, 1.807) is 0 Å². The molecule has 0 saturated heterocycles. The Labute approximate surface area is 171 Å². The minimum Gasteiger partial charge on any atom is -0.337 e. The summed E-state index contributed by atoms with van der Waals surface area (Å²) in [7, 11) is 0. The summed E-state index contributed by atoms with van der Waals surface area (Å²) < 4.78 is 0. The summed E-state index contributed by atoms with van der Waals surface area (Å²) in [6, 6.07) is 28.2. The fourth-order valence-corrected chi connectivity index (χ4v) is 4.18. The van der Waals surface area contributed by atoms with Crippen LogP contribution in [-0.4, -0.2) is 29.4 Å². The summed E-state index contributed by atoms with van der Waals surface area (Å²) in [5.74, 6) is 0.825. The number of nitrogens with zero attached hydrogens (tertiary/aromatic N) is 3. The van der Waals surface area contributed by atoms with Crippen molar-refractivity contribution in [3.05, 3.63) is 102 Å². The summed E-state index contributed by atoms with van der Waals surface area (Å²) in [4.78, 5) is 22.4. The molecule has 3 aromatic carbocycles. The number of fused-ring (bicyclic) bond motifs is 1. The van der Waals surface area contributed by atoms with E-state index in [4.69, 9.17) is 4.99 Å². The predicted octanol–water partition coefficient (Wildman–Crippen LogP) is 4.06. The van der Waals surface area contributed by atoms with E-state index in [9.17, 15) is 4.79 Å². The largest absolute Gasteiger partial charge is 0.337 e. The van der Waals surface area contributed by atoms with Crippen LogP contribution in [0.4, 0.5) is 5.69 Å². The zero-order valence-corrected chi connectivity index (χ0v) is 16.2. The minimum atomic E-state index is -0.384. The molecule has 0 fully saturated rings. The second-order valence-corrected chi connectivity index (χ2v) is 7.58. The fraction of sp³-hybridized carbons (Fsp3) is 0.200. The van der Waals surface area contributed by atoms with Crippen molar-refractivity contribution >= 4 is 17.6 Å². The summed E-state index contributed by atoms with van der Waals surface area (Å²) in [5.41, 5.74) is 4.72. The van der Waals surface area contributed by atoms with E-state index in [1.807, 2.05) is 53.4 Å². The van der Waals surface area contributed by atoms with Gasteiger partial charge in [0.25, 0.3) is 5.91 Å². The molecule has 3 aromatic rings. The first-order valence-electron chi connectivity index (χ1n) is 10.1. The highest BCUT2D eigenvalue weighted by molar-refractivity contribution is 6.22. The Balaban J connectivity index is 1.49. The van der Waals surface area contributed by atoms with Gasteiger partial charge in [-0.25, -0.2) is 9.89 Å². The summed E-state index contributed by atoms with van der Waals surface area (Å²) >= 11 is 0. The molecule has 29 heavy (non-hydrogen) atoms. The molecular weight excluding hydrogens is 358 g/mol. The van der Waals surface area contributed by atoms with E-state index in [-0.39, 0.29) is 11.9 Å². The second-order valence-electron chi connectivity index (χ2n) is 7.58. The summed E-state index contributed by atoms with van der Waals surface area (Å²) in [6.07, 6.45) is 1.59. The number of hydrogen-bond donors (Lipinski definition) is 0. The molecule has 4 heteroatoms. The summed E-state index contributed by atoms with van der Waals surface area (Å²) in [6.45, 7) is 1.65. The number of para-hydroxylation sites is 1. The van der Waals surface area contributed by atoms with E-state index in [0.717, 1.165) is 36.7 Å². The number of carbonyl (C=O) groups excluding carboxylic acids is 1. The van der Waals surface area contributed by atoms with Gasteiger partial charge in [0, 0.05) is 19.5 Å². The van der Waals surface area contributed by atoms with Gasteiger partial charge in [0.15, 0.2) is 0 Å². The molecule has 0 aromatic heterocycles. The first kappa shape index (κ1) is 17.7. The van der Waals surface area contributed by atoms with Gasteiger partial charge < -0.3 is 4.90 Å². The maximum atomic E-state index is 13.4. The quantitative estimate of drug-likeness (QED) is 0.686. The van der Waals surface area contributed by atoms with E-state index in [1.165, 1.54) is 11.1 Å². The van der Waals surface area contributed by atoms with Crippen LogP contribution in [0.5, 0.6) is 0 Å². The van der Waals surface area contributed by atoms with Crippen LogP contribution in [0.1, 0.15) is 16.7 Å². The molecule has 1 amide bonds. The lowest BCUT2D eigenvalue weighted by Crippen LogP contribution is -2.46. The molecule has 0 radical (unpaired) electrons. The molecule has 1 atom stereocenters. The number of carbonyl (C=O) groups is 1. The van der Waals surface area contributed by atoms with E-state index < -0.39 is 0 Å². The molecule has 2 aliphatic rings. The highest BCUT2D eigenvalue weighted by atomic mass is 16.2. The number of aliphatic imine (C=N–C) groups is 1. The van der Waals surface area contributed by atoms with Crippen LogP contribution in [0, 0.1) is 0 Å². The SMILES string of the molecule is O=C1C(Cc2ccccc2)N=C(N2CCc3ccccc3C2)N1c1ccccc1. The smallest absolute Gasteiger partial charge is 0.259 e. The number of hydrogen-bond acceptors (Lipinski definition) is 3. The van der Waals surface area contributed by atoms with E-state index in [2.05, 4.69) is 41.3 Å². The topological polar surface area (TPSA) is 35.9 Å². The molecular formula is C25H23N3O. The monoisotopic (exact) mass is 381 g/mol. The Morgan fingerprint density at radius 1 is 0.828 bits per heavy atom. The number of amides is 1. The van der Waals surface area contributed by atoms with Crippen molar-refractivity contribution in [3.8, 4) is 0 Å². The lowest BCUT2D eigenvalue weighted by atomic mass is 10.0. The molecule has 0 N–H and O–H groups in total. The van der Waals surface area contributed by atoms with Crippen LogP contribution >= 0.6 is 0 Å². The van der Waals surface area contributed by atoms with Crippen LogP contribution in [0.2, 0.25) is 0 Å². The average molecular weight is 381 g/mol. The normalized spacial score (nSPS) is 18.6. The van der Waals surface area contributed by atoms with Gasteiger partial charge in [0.2, 0.25) is 5.96 Å². The molecule has 2 heterocycles. The lowest BCUT2D eigenvalue weighted by Gasteiger charge is -2.33. The maximum absolute atomic E-state index is 13.4. The van der Waals surface area contributed by atoms with Crippen molar-refractivity contribution in [3.63, 3.8) is 0 Å². The number of benzene rings is 3. The van der Waals surface area contributed by atoms with Gasteiger partial charge >= 0.3 is 0 Å². The van der Waals surface area contributed by atoms with Crippen LogP contribution in [0.3, 0.4) is 0 Å². The van der Waals surface area contributed by atoms with Gasteiger partial charge in [-0.05, 0) is 35.2 Å². The van der Waals surface area contributed by atoms with Crippen molar-refractivity contribution in [2.45, 2.75) is 25.4 Å². The van der Waals surface area contributed by atoms with Gasteiger partial charge in [-0.2, -0.15) is 0 Å². The van der Waals surface area contributed by atoms with Gasteiger partial charge in [-0.1, -0.05) is 72.8 Å². The molecule has 2 aliphatic heterocycles. The van der Waals surface area contributed by atoms with Crippen molar-refractivity contribution in [2.24, 2.45) is 4.99 Å². The maximum Gasteiger partial charge on any atom is 0.259 e. The van der Waals surface area contributed by atoms with Crippen molar-refractivity contribution < 1.29 is 4.79 Å². The Kier molecular flexibility index (Phi) is 4.60. The molecule has 4 nitrogen and oxygen atoms in total. The van der Waals surface area contributed by atoms with Crippen LogP contribution in [0.15, 0.2) is 89.9 Å². The zero-order chi connectivity index (χ0) is 19.6. The third kappa shape index (κ3) is 3.42. The lowest BCUT2D eigenvalue weighted by molar-refractivity contribution is -0.118.